The molecule has 0 bridgehead atoms. The number of aliphatic carboxylic acids is 1. The van der Waals surface area contributed by atoms with Gasteiger partial charge in [0, 0.05) is 5.02 Å². The van der Waals surface area contributed by atoms with Crippen molar-refractivity contribution in [1.82, 2.24) is 0 Å². The van der Waals surface area contributed by atoms with E-state index in [0.29, 0.717) is 11.4 Å². The van der Waals surface area contributed by atoms with Gasteiger partial charge in [-0.05, 0) is 31.0 Å². The molecule has 0 aliphatic heterocycles. The fourth-order valence-electron chi connectivity index (χ4n) is 1.30. The van der Waals surface area contributed by atoms with Gasteiger partial charge in [-0.3, -0.25) is 4.79 Å². The van der Waals surface area contributed by atoms with Gasteiger partial charge in [-0.1, -0.05) is 30.7 Å². The van der Waals surface area contributed by atoms with Crippen molar-refractivity contribution >= 4 is 17.6 Å². The molecule has 0 spiro atoms. The summed E-state index contributed by atoms with van der Waals surface area (Å²) < 4.78 is 0. The summed E-state index contributed by atoms with van der Waals surface area (Å²) in [5, 5.41) is 9.75. The highest BCUT2D eigenvalue weighted by molar-refractivity contribution is 6.30. The van der Waals surface area contributed by atoms with Crippen LogP contribution in [0.3, 0.4) is 0 Å². The van der Waals surface area contributed by atoms with Gasteiger partial charge in [0.15, 0.2) is 0 Å². The first kappa shape index (κ1) is 11.1. The molecule has 0 amide bonds. The zero-order valence-electron chi connectivity index (χ0n) is 8.25. The molecule has 0 saturated heterocycles. The van der Waals surface area contributed by atoms with E-state index in [4.69, 9.17) is 16.7 Å². The molecule has 1 rings (SSSR count). The van der Waals surface area contributed by atoms with E-state index in [1.807, 2.05) is 6.92 Å². The number of hydrogen-bond donors (Lipinski definition) is 1. The van der Waals surface area contributed by atoms with Crippen LogP contribution in [0.25, 0.3) is 0 Å². The van der Waals surface area contributed by atoms with Crippen LogP contribution in [-0.4, -0.2) is 11.1 Å². The Morgan fingerprint density at radius 2 is 1.93 bits per heavy atom. The molecule has 1 atom stereocenters. The highest BCUT2D eigenvalue weighted by Gasteiger charge is 2.32. The van der Waals surface area contributed by atoms with Crippen LogP contribution in [0.4, 0.5) is 0 Å². The number of rotatable bonds is 3. The normalized spacial score (nSPS) is 14.8. The molecular weight excluding hydrogens is 200 g/mol. The number of carbonyl (C=O) groups is 1. The van der Waals surface area contributed by atoms with Crippen molar-refractivity contribution in [3.63, 3.8) is 0 Å². The second-order valence-corrected chi connectivity index (χ2v) is 3.93. The maximum absolute atomic E-state index is 11.1. The predicted molar refractivity (Wildman–Crippen MR) is 56.7 cm³/mol. The first-order valence-electron chi connectivity index (χ1n) is 4.50. The van der Waals surface area contributed by atoms with E-state index in [2.05, 4.69) is 0 Å². The van der Waals surface area contributed by atoms with Gasteiger partial charge < -0.3 is 5.11 Å². The third-order valence-electron chi connectivity index (χ3n) is 2.66. The van der Waals surface area contributed by atoms with Gasteiger partial charge in [0.05, 0.1) is 5.41 Å². The van der Waals surface area contributed by atoms with Crippen molar-refractivity contribution in [2.75, 3.05) is 0 Å². The van der Waals surface area contributed by atoms with Crippen LogP contribution in [0.2, 0.25) is 5.02 Å². The second-order valence-electron chi connectivity index (χ2n) is 3.50. The molecule has 0 heterocycles. The Hall–Kier alpha value is -1.02. The fourth-order valence-corrected chi connectivity index (χ4v) is 1.42. The number of benzene rings is 1. The Kier molecular flexibility index (Phi) is 3.17. The van der Waals surface area contributed by atoms with E-state index < -0.39 is 11.4 Å². The molecule has 0 radical (unpaired) electrons. The van der Waals surface area contributed by atoms with Crippen molar-refractivity contribution in [1.29, 1.82) is 0 Å². The third kappa shape index (κ3) is 1.90. The summed E-state index contributed by atoms with van der Waals surface area (Å²) >= 11 is 5.74. The van der Waals surface area contributed by atoms with Crippen LogP contribution in [0, 0.1) is 0 Å². The number of carboxylic acids is 1. The van der Waals surface area contributed by atoms with Gasteiger partial charge in [-0.25, -0.2) is 0 Å². The SMILES string of the molecule is CC[C@@](C)(C(=O)O)c1ccc(Cl)cc1. The summed E-state index contributed by atoms with van der Waals surface area (Å²) in [7, 11) is 0. The minimum atomic E-state index is -0.815. The zero-order chi connectivity index (χ0) is 10.8. The first-order valence-corrected chi connectivity index (χ1v) is 4.88. The van der Waals surface area contributed by atoms with Gasteiger partial charge in [0.1, 0.15) is 0 Å². The lowest BCUT2D eigenvalue weighted by Crippen LogP contribution is -2.31. The molecular formula is C11H13ClO2. The molecule has 1 N–H and O–H groups in total. The van der Waals surface area contributed by atoms with Crippen LogP contribution in [-0.2, 0) is 10.2 Å². The summed E-state index contributed by atoms with van der Waals surface area (Å²) in [6, 6.07) is 6.96. The topological polar surface area (TPSA) is 37.3 Å². The van der Waals surface area contributed by atoms with E-state index in [1.165, 1.54) is 0 Å². The van der Waals surface area contributed by atoms with Gasteiger partial charge in [0.2, 0.25) is 0 Å². The van der Waals surface area contributed by atoms with Crippen molar-refractivity contribution < 1.29 is 9.90 Å². The largest absolute Gasteiger partial charge is 0.481 e. The van der Waals surface area contributed by atoms with Crippen LogP contribution >= 0.6 is 11.6 Å². The van der Waals surface area contributed by atoms with Gasteiger partial charge in [-0.15, -0.1) is 0 Å². The van der Waals surface area contributed by atoms with Crippen molar-refractivity contribution in [3.05, 3.63) is 34.9 Å². The number of hydrogen-bond acceptors (Lipinski definition) is 1. The molecule has 14 heavy (non-hydrogen) atoms. The average molecular weight is 213 g/mol. The van der Waals surface area contributed by atoms with E-state index in [-0.39, 0.29) is 0 Å². The summed E-state index contributed by atoms with van der Waals surface area (Å²) in [6.07, 6.45) is 0.559. The minimum Gasteiger partial charge on any atom is -0.481 e. The smallest absolute Gasteiger partial charge is 0.313 e. The van der Waals surface area contributed by atoms with Gasteiger partial charge in [-0.2, -0.15) is 0 Å². The molecule has 76 valence electrons. The lowest BCUT2D eigenvalue weighted by molar-refractivity contribution is -0.143. The Morgan fingerprint density at radius 3 is 2.29 bits per heavy atom. The highest BCUT2D eigenvalue weighted by Crippen LogP contribution is 2.28. The van der Waals surface area contributed by atoms with Gasteiger partial charge >= 0.3 is 5.97 Å². The standard InChI is InChI=1S/C11H13ClO2/c1-3-11(2,10(13)14)8-4-6-9(12)7-5-8/h4-7H,3H2,1-2H3,(H,13,14)/t11-/m1/s1. The van der Waals surface area contributed by atoms with Crippen molar-refractivity contribution in [2.45, 2.75) is 25.7 Å². The molecule has 0 fully saturated rings. The monoisotopic (exact) mass is 212 g/mol. The highest BCUT2D eigenvalue weighted by atomic mass is 35.5. The van der Waals surface area contributed by atoms with E-state index in [1.54, 1.807) is 31.2 Å². The van der Waals surface area contributed by atoms with E-state index in [9.17, 15) is 4.79 Å². The summed E-state index contributed by atoms with van der Waals surface area (Å²) in [5.74, 6) is -0.803. The summed E-state index contributed by atoms with van der Waals surface area (Å²) in [5.41, 5.74) is -0.0261. The number of halogens is 1. The number of carboxylic acid groups (broad SMARTS) is 1. The third-order valence-corrected chi connectivity index (χ3v) is 2.91. The Morgan fingerprint density at radius 1 is 1.43 bits per heavy atom. The fraction of sp³-hybridized carbons (Fsp3) is 0.364. The Bertz CT molecular complexity index is 332. The Labute approximate surface area is 88.5 Å². The molecule has 0 aliphatic carbocycles. The van der Waals surface area contributed by atoms with Crippen LogP contribution in [0.1, 0.15) is 25.8 Å². The molecule has 0 aliphatic rings. The Balaban J connectivity index is 3.13. The van der Waals surface area contributed by atoms with Crippen molar-refractivity contribution in [3.8, 4) is 0 Å². The van der Waals surface area contributed by atoms with Crippen molar-refractivity contribution in [2.24, 2.45) is 0 Å². The predicted octanol–water partition coefficient (Wildman–Crippen LogP) is 3.09. The molecule has 0 saturated carbocycles. The lowest BCUT2D eigenvalue weighted by atomic mass is 9.80. The lowest BCUT2D eigenvalue weighted by Gasteiger charge is -2.23. The molecule has 3 heteroatoms. The van der Waals surface area contributed by atoms with Crippen LogP contribution < -0.4 is 0 Å². The average Bonchev–Trinajstić information content (AvgIpc) is 2.17. The molecule has 0 aromatic heterocycles. The van der Waals surface area contributed by atoms with Crippen LogP contribution in [0.15, 0.2) is 24.3 Å². The molecule has 2 nitrogen and oxygen atoms in total. The summed E-state index contributed by atoms with van der Waals surface area (Å²) in [4.78, 5) is 11.1. The molecule has 1 aromatic carbocycles. The summed E-state index contributed by atoms with van der Waals surface area (Å²) in [6.45, 7) is 3.58. The first-order chi connectivity index (χ1) is 6.50. The maximum atomic E-state index is 11.1. The van der Waals surface area contributed by atoms with Gasteiger partial charge in [0.25, 0.3) is 0 Å². The zero-order valence-corrected chi connectivity index (χ0v) is 9.01. The minimum absolute atomic E-state index is 0.559. The maximum Gasteiger partial charge on any atom is 0.313 e. The second kappa shape index (κ2) is 4.01. The molecule has 1 aromatic rings. The molecule has 0 unspecified atom stereocenters. The van der Waals surface area contributed by atoms with E-state index >= 15 is 0 Å². The van der Waals surface area contributed by atoms with E-state index in [0.717, 1.165) is 5.56 Å². The van der Waals surface area contributed by atoms with Crippen LogP contribution in [0.5, 0.6) is 0 Å². The quantitative estimate of drug-likeness (QED) is 0.836.